The molecule has 1 aliphatic heterocycles. The quantitative estimate of drug-likeness (QED) is 0.806. The van der Waals surface area contributed by atoms with Crippen molar-refractivity contribution < 1.29 is 9.21 Å². The van der Waals surface area contributed by atoms with Gasteiger partial charge in [0.1, 0.15) is 0 Å². The summed E-state index contributed by atoms with van der Waals surface area (Å²) in [7, 11) is 0. The second-order valence-corrected chi connectivity index (χ2v) is 4.53. The lowest BCUT2D eigenvalue weighted by Crippen LogP contribution is -2.40. The molecule has 0 saturated heterocycles. The molecular formula is C12H15N5O2. The number of likely N-dealkylation sites (N-methyl/N-ethyl adjacent to an activating group) is 1. The lowest BCUT2D eigenvalue weighted by Gasteiger charge is -2.25. The number of hydrogen-bond acceptors (Lipinski definition) is 5. The Hall–Kier alpha value is -2.18. The van der Waals surface area contributed by atoms with E-state index in [4.69, 9.17) is 4.42 Å². The van der Waals surface area contributed by atoms with Crippen LogP contribution in [0.4, 0.5) is 0 Å². The first-order valence-electron chi connectivity index (χ1n) is 6.28. The molecule has 0 unspecified atom stereocenters. The average molecular weight is 261 g/mol. The van der Waals surface area contributed by atoms with Crippen LogP contribution < -0.4 is 0 Å². The fourth-order valence-corrected chi connectivity index (χ4v) is 2.35. The highest BCUT2D eigenvalue weighted by Crippen LogP contribution is 2.25. The van der Waals surface area contributed by atoms with Crippen LogP contribution in [0.5, 0.6) is 0 Å². The minimum Gasteiger partial charge on any atom is -0.437 e. The molecule has 1 amide bonds. The highest BCUT2D eigenvalue weighted by Gasteiger charge is 2.30. The Morgan fingerprint density at radius 2 is 1.95 bits per heavy atom. The molecule has 19 heavy (non-hydrogen) atoms. The minimum atomic E-state index is -0.0820. The van der Waals surface area contributed by atoms with E-state index < -0.39 is 0 Å². The van der Waals surface area contributed by atoms with Gasteiger partial charge in [0.15, 0.2) is 11.7 Å². The minimum absolute atomic E-state index is 0.0820. The van der Waals surface area contributed by atoms with Crippen molar-refractivity contribution in [2.24, 2.45) is 0 Å². The first kappa shape index (κ1) is 11.9. The van der Waals surface area contributed by atoms with Crippen LogP contribution in [0.3, 0.4) is 0 Å². The lowest BCUT2D eigenvalue weighted by atomic mass is 10.3. The highest BCUT2D eigenvalue weighted by molar-refractivity contribution is 5.92. The fraction of sp³-hybridized carbons (Fsp3) is 0.500. The van der Waals surface area contributed by atoms with E-state index >= 15 is 0 Å². The number of hydrogen-bond donors (Lipinski definition) is 0. The van der Waals surface area contributed by atoms with Gasteiger partial charge in [0.25, 0.3) is 5.91 Å². The predicted octanol–water partition coefficient (Wildman–Crippen LogP) is 1.03. The van der Waals surface area contributed by atoms with Crippen molar-refractivity contribution in [3.05, 3.63) is 17.4 Å². The van der Waals surface area contributed by atoms with Gasteiger partial charge in [0.05, 0.1) is 5.69 Å². The predicted molar refractivity (Wildman–Crippen MR) is 66.6 cm³/mol. The zero-order valence-electron chi connectivity index (χ0n) is 11.2. The van der Waals surface area contributed by atoms with Crippen LogP contribution in [0, 0.1) is 13.8 Å². The van der Waals surface area contributed by atoms with Crippen molar-refractivity contribution in [2.45, 2.75) is 27.3 Å². The molecule has 0 N–H and O–H groups in total. The van der Waals surface area contributed by atoms with E-state index in [-0.39, 0.29) is 5.91 Å². The molecule has 7 nitrogen and oxygen atoms in total. The Morgan fingerprint density at radius 3 is 2.58 bits per heavy atom. The van der Waals surface area contributed by atoms with Crippen LogP contribution in [0.2, 0.25) is 0 Å². The number of carbonyl (C=O) groups excluding carboxylic acids is 1. The molecule has 0 atom stereocenters. The number of amides is 1. The van der Waals surface area contributed by atoms with Crippen LogP contribution >= 0.6 is 0 Å². The molecular weight excluding hydrogens is 246 g/mol. The summed E-state index contributed by atoms with van der Waals surface area (Å²) in [5.41, 5.74) is 0.762. The fourth-order valence-electron chi connectivity index (χ4n) is 2.35. The maximum atomic E-state index is 12.1. The van der Waals surface area contributed by atoms with E-state index in [1.807, 2.05) is 13.8 Å². The molecule has 0 bridgehead atoms. The van der Waals surface area contributed by atoms with Gasteiger partial charge in [-0.2, -0.15) is 0 Å². The molecule has 0 aliphatic carbocycles. The van der Waals surface area contributed by atoms with Gasteiger partial charge in [-0.15, -0.1) is 10.2 Å². The molecule has 7 heteroatoms. The average Bonchev–Trinajstić information content (AvgIpc) is 2.93. The van der Waals surface area contributed by atoms with Crippen LogP contribution in [0.1, 0.15) is 29.1 Å². The van der Waals surface area contributed by atoms with Gasteiger partial charge in [-0.1, -0.05) is 0 Å². The first-order chi connectivity index (χ1) is 9.11. The van der Waals surface area contributed by atoms with Crippen LogP contribution in [0.15, 0.2) is 4.42 Å². The number of aromatic nitrogens is 4. The third-order valence-corrected chi connectivity index (χ3v) is 3.31. The number of aryl methyl sites for hydroxylation is 2. The second kappa shape index (κ2) is 4.18. The Labute approximate surface area is 110 Å². The van der Waals surface area contributed by atoms with Gasteiger partial charge >= 0.3 is 0 Å². The van der Waals surface area contributed by atoms with Crippen LogP contribution in [-0.2, 0) is 6.54 Å². The summed E-state index contributed by atoms with van der Waals surface area (Å²) in [6, 6.07) is 0. The topological polar surface area (TPSA) is 77.1 Å². The third-order valence-electron chi connectivity index (χ3n) is 3.31. The van der Waals surface area contributed by atoms with Gasteiger partial charge in [0.2, 0.25) is 11.6 Å². The van der Waals surface area contributed by atoms with Crippen LogP contribution in [-0.4, -0.2) is 43.6 Å². The molecule has 3 rings (SSSR count). The Morgan fingerprint density at radius 1 is 1.21 bits per heavy atom. The molecule has 0 radical (unpaired) electrons. The van der Waals surface area contributed by atoms with Crippen molar-refractivity contribution in [2.75, 3.05) is 13.1 Å². The molecule has 0 saturated carbocycles. The van der Waals surface area contributed by atoms with Gasteiger partial charge in [-0.3, -0.25) is 9.36 Å². The second-order valence-electron chi connectivity index (χ2n) is 4.53. The van der Waals surface area contributed by atoms with Crippen molar-refractivity contribution in [3.63, 3.8) is 0 Å². The largest absolute Gasteiger partial charge is 0.437 e. The summed E-state index contributed by atoms with van der Waals surface area (Å²) >= 11 is 0. The van der Waals surface area contributed by atoms with Crippen molar-refractivity contribution in [1.82, 2.24) is 24.6 Å². The summed E-state index contributed by atoms with van der Waals surface area (Å²) in [5, 5.41) is 8.09. The zero-order chi connectivity index (χ0) is 13.6. The third kappa shape index (κ3) is 1.73. The van der Waals surface area contributed by atoms with E-state index in [2.05, 4.69) is 15.2 Å². The number of rotatable bonds is 2. The van der Waals surface area contributed by atoms with E-state index in [1.165, 1.54) is 0 Å². The molecule has 3 heterocycles. The Kier molecular flexibility index (Phi) is 2.62. The molecule has 2 aromatic rings. The van der Waals surface area contributed by atoms with E-state index in [0.29, 0.717) is 42.9 Å². The smallest absolute Gasteiger partial charge is 0.291 e. The standard InChI is InChI=1S/C12H15N5O2/c1-4-16-5-6-17-10(14-15-11(17)12(16)18)9-7(2)13-8(3)19-9/h4-6H2,1-3H3. The van der Waals surface area contributed by atoms with Crippen LogP contribution in [0.25, 0.3) is 11.6 Å². The van der Waals surface area contributed by atoms with Crippen molar-refractivity contribution in [1.29, 1.82) is 0 Å². The maximum absolute atomic E-state index is 12.1. The molecule has 1 aliphatic rings. The Balaban J connectivity index is 2.08. The number of fused-ring (bicyclic) bond motifs is 1. The summed E-state index contributed by atoms with van der Waals surface area (Å²) < 4.78 is 7.36. The molecule has 2 aromatic heterocycles. The van der Waals surface area contributed by atoms with Gasteiger partial charge in [-0.25, -0.2) is 4.98 Å². The SMILES string of the molecule is CCN1CCn2c(nnc2-c2oc(C)nc2C)C1=O. The summed E-state index contributed by atoms with van der Waals surface area (Å²) in [6.45, 7) is 7.62. The number of oxazole rings is 1. The maximum Gasteiger partial charge on any atom is 0.291 e. The van der Waals surface area contributed by atoms with Crippen molar-refractivity contribution >= 4 is 5.91 Å². The Bertz CT molecular complexity index is 643. The molecule has 0 aromatic carbocycles. The van der Waals surface area contributed by atoms with E-state index in [0.717, 1.165) is 5.69 Å². The summed E-state index contributed by atoms with van der Waals surface area (Å²) in [6.07, 6.45) is 0. The van der Waals surface area contributed by atoms with E-state index in [1.54, 1.807) is 16.4 Å². The van der Waals surface area contributed by atoms with Gasteiger partial charge in [0, 0.05) is 26.6 Å². The summed E-state index contributed by atoms with van der Waals surface area (Å²) in [4.78, 5) is 18.1. The summed E-state index contributed by atoms with van der Waals surface area (Å²) in [5.74, 6) is 2.05. The van der Waals surface area contributed by atoms with E-state index in [9.17, 15) is 4.79 Å². The van der Waals surface area contributed by atoms with Gasteiger partial charge in [-0.05, 0) is 13.8 Å². The normalized spacial score (nSPS) is 14.9. The number of nitrogens with zero attached hydrogens (tertiary/aromatic N) is 5. The first-order valence-corrected chi connectivity index (χ1v) is 6.28. The lowest BCUT2D eigenvalue weighted by molar-refractivity contribution is 0.0707. The zero-order valence-corrected chi connectivity index (χ0v) is 11.2. The van der Waals surface area contributed by atoms with Gasteiger partial charge < -0.3 is 9.32 Å². The molecule has 0 spiro atoms. The monoisotopic (exact) mass is 261 g/mol. The number of carbonyl (C=O) groups is 1. The molecule has 0 fully saturated rings. The molecule has 100 valence electrons. The highest BCUT2D eigenvalue weighted by atomic mass is 16.4. The van der Waals surface area contributed by atoms with Crippen molar-refractivity contribution in [3.8, 4) is 11.6 Å².